The lowest BCUT2D eigenvalue weighted by atomic mass is 10.0. The summed E-state index contributed by atoms with van der Waals surface area (Å²) in [6.45, 7) is 0. The fraction of sp³-hybridized carbons (Fsp3) is 0.143. The van der Waals surface area contributed by atoms with Gasteiger partial charge in [-0.1, -0.05) is 48.5 Å². The molecule has 2 aromatic carbocycles. The fourth-order valence-electron chi connectivity index (χ4n) is 1.84. The monoisotopic (exact) mass is 277 g/mol. The van der Waals surface area contributed by atoms with Gasteiger partial charge in [0.1, 0.15) is 0 Å². The molecule has 5 heteroatoms. The summed E-state index contributed by atoms with van der Waals surface area (Å²) in [7, 11) is -1.13. The molecule has 0 N–H and O–H groups in total. The molecule has 0 aromatic heterocycles. The molecular formula is C14H15NO3S. The van der Waals surface area contributed by atoms with Crippen molar-refractivity contribution < 1.29 is 12.6 Å². The van der Waals surface area contributed by atoms with Crippen LogP contribution in [0.1, 0.15) is 0 Å². The van der Waals surface area contributed by atoms with E-state index in [9.17, 15) is 8.42 Å². The number of benzene rings is 2. The van der Waals surface area contributed by atoms with E-state index in [1.54, 1.807) is 12.1 Å². The van der Waals surface area contributed by atoms with E-state index >= 15 is 0 Å². The summed E-state index contributed by atoms with van der Waals surface area (Å²) in [5.41, 5.74) is 2.37. The van der Waals surface area contributed by atoms with E-state index in [1.807, 2.05) is 42.5 Å². The molecule has 0 saturated carbocycles. The van der Waals surface area contributed by atoms with E-state index in [4.69, 9.17) is 0 Å². The zero-order chi connectivity index (χ0) is 13.9. The zero-order valence-electron chi connectivity index (χ0n) is 10.8. The standard InChI is InChI=1S/C14H15NO3S/c1-15(19(16,17)18-2)14-11-7-6-10-13(14)12-8-4-3-5-9-12/h3-11H,1-2H3. The van der Waals surface area contributed by atoms with Gasteiger partial charge in [0.25, 0.3) is 0 Å². The molecule has 0 bridgehead atoms. The molecule has 0 aliphatic heterocycles. The van der Waals surface area contributed by atoms with Crippen LogP contribution in [0.15, 0.2) is 54.6 Å². The van der Waals surface area contributed by atoms with Crippen molar-refractivity contribution in [2.75, 3.05) is 18.5 Å². The topological polar surface area (TPSA) is 46.6 Å². The molecule has 0 amide bonds. The minimum Gasteiger partial charge on any atom is -0.257 e. The highest BCUT2D eigenvalue weighted by atomic mass is 32.2. The first kappa shape index (κ1) is 13.6. The van der Waals surface area contributed by atoms with Crippen molar-refractivity contribution >= 4 is 16.0 Å². The van der Waals surface area contributed by atoms with Gasteiger partial charge in [-0.3, -0.25) is 8.49 Å². The molecule has 0 saturated heterocycles. The van der Waals surface area contributed by atoms with Gasteiger partial charge in [0.15, 0.2) is 0 Å². The summed E-state index contributed by atoms with van der Waals surface area (Å²) in [5, 5.41) is 0. The number of para-hydroxylation sites is 1. The van der Waals surface area contributed by atoms with Crippen LogP contribution in [0.25, 0.3) is 11.1 Å². The summed E-state index contributed by atoms with van der Waals surface area (Å²) < 4.78 is 29.3. The first-order valence-electron chi connectivity index (χ1n) is 5.75. The van der Waals surface area contributed by atoms with Crippen molar-refractivity contribution in [2.45, 2.75) is 0 Å². The van der Waals surface area contributed by atoms with Crippen LogP contribution in [0, 0.1) is 0 Å². The van der Waals surface area contributed by atoms with Gasteiger partial charge in [-0.15, -0.1) is 0 Å². The second-order valence-electron chi connectivity index (χ2n) is 3.98. The zero-order valence-corrected chi connectivity index (χ0v) is 11.6. The van der Waals surface area contributed by atoms with Gasteiger partial charge >= 0.3 is 10.3 Å². The molecule has 4 nitrogen and oxygen atoms in total. The van der Waals surface area contributed by atoms with Gasteiger partial charge in [0.2, 0.25) is 0 Å². The van der Waals surface area contributed by atoms with Gasteiger partial charge in [-0.05, 0) is 11.6 Å². The Morgan fingerprint density at radius 3 is 2.16 bits per heavy atom. The van der Waals surface area contributed by atoms with Crippen LogP contribution in [0.2, 0.25) is 0 Å². The Morgan fingerprint density at radius 1 is 0.947 bits per heavy atom. The van der Waals surface area contributed by atoms with Crippen molar-refractivity contribution in [1.29, 1.82) is 0 Å². The second kappa shape index (κ2) is 5.42. The Balaban J connectivity index is 2.55. The van der Waals surface area contributed by atoms with Gasteiger partial charge in [0.05, 0.1) is 12.8 Å². The number of hydrogen-bond donors (Lipinski definition) is 0. The fourth-order valence-corrected chi connectivity index (χ4v) is 2.47. The molecule has 0 spiro atoms. The lowest BCUT2D eigenvalue weighted by molar-refractivity contribution is 0.396. The minimum absolute atomic E-state index is 0.579. The largest absolute Gasteiger partial charge is 0.361 e. The Labute approximate surface area is 113 Å². The van der Waals surface area contributed by atoms with E-state index in [-0.39, 0.29) is 0 Å². The molecule has 0 unspecified atom stereocenters. The van der Waals surface area contributed by atoms with Crippen LogP contribution in [0.5, 0.6) is 0 Å². The Kier molecular flexibility index (Phi) is 3.87. The molecule has 100 valence electrons. The van der Waals surface area contributed by atoms with Crippen molar-refractivity contribution in [2.24, 2.45) is 0 Å². The molecule has 2 rings (SSSR count). The maximum Gasteiger partial charge on any atom is 0.361 e. The molecular weight excluding hydrogens is 262 g/mol. The van der Waals surface area contributed by atoms with Crippen molar-refractivity contribution in [3.05, 3.63) is 54.6 Å². The molecule has 2 aromatic rings. The molecule has 0 fully saturated rings. The number of nitrogens with zero attached hydrogens (tertiary/aromatic N) is 1. The van der Waals surface area contributed by atoms with Crippen LogP contribution in [0.4, 0.5) is 5.69 Å². The first-order valence-corrected chi connectivity index (χ1v) is 7.11. The lowest BCUT2D eigenvalue weighted by Crippen LogP contribution is -2.27. The van der Waals surface area contributed by atoms with Crippen LogP contribution < -0.4 is 4.31 Å². The molecule has 0 aliphatic carbocycles. The third kappa shape index (κ3) is 2.77. The molecule has 0 aliphatic rings. The Hall–Kier alpha value is -1.85. The van der Waals surface area contributed by atoms with E-state index in [2.05, 4.69) is 4.18 Å². The van der Waals surface area contributed by atoms with Crippen molar-refractivity contribution in [1.82, 2.24) is 0 Å². The van der Waals surface area contributed by atoms with Crippen LogP contribution >= 0.6 is 0 Å². The Bertz CT molecular complexity index is 653. The van der Waals surface area contributed by atoms with E-state index in [1.165, 1.54) is 7.05 Å². The van der Waals surface area contributed by atoms with E-state index in [0.29, 0.717) is 5.69 Å². The van der Waals surface area contributed by atoms with Crippen molar-refractivity contribution in [3.63, 3.8) is 0 Å². The number of anilines is 1. The highest BCUT2D eigenvalue weighted by Crippen LogP contribution is 2.31. The maximum absolute atomic E-state index is 11.8. The van der Waals surface area contributed by atoms with Crippen molar-refractivity contribution in [3.8, 4) is 11.1 Å². The van der Waals surface area contributed by atoms with E-state index in [0.717, 1.165) is 22.5 Å². The quantitative estimate of drug-likeness (QED) is 0.863. The summed E-state index contributed by atoms with van der Waals surface area (Å²) >= 11 is 0. The first-order chi connectivity index (χ1) is 9.06. The van der Waals surface area contributed by atoms with Crippen LogP contribution in [0.3, 0.4) is 0 Å². The summed E-state index contributed by atoms with van der Waals surface area (Å²) in [6, 6.07) is 16.9. The average molecular weight is 277 g/mol. The number of hydrogen-bond acceptors (Lipinski definition) is 3. The maximum atomic E-state index is 11.8. The normalized spacial score (nSPS) is 11.3. The smallest absolute Gasteiger partial charge is 0.257 e. The van der Waals surface area contributed by atoms with Crippen LogP contribution in [-0.2, 0) is 14.5 Å². The van der Waals surface area contributed by atoms with Crippen LogP contribution in [-0.4, -0.2) is 22.6 Å². The Morgan fingerprint density at radius 2 is 1.53 bits per heavy atom. The SMILES string of the molecule is COS(=O)(=O)N(C)c1ccccc1-c1ccccc1. The van der Waals surface area contributed by atoms with Gasteiger partial charge in [-0.2, -0.15) is 8.42 Å². The summed E-state index contributed by atoms with van der Waals surface area (Å²) in [5.74, 6) is 0. The highest BCUT2D eigenvalue weighted by molar-refractivity contribution is 7.88. The average Bonchev–Trinajstić information content (AvgIpc) is 2.47. The lowest BCUT2D eigenvalue weighted by Gasteiger charge is -2.20. The molecule has 19 heavy (non-hydrogen) atoms. The molecule has 0 heterocycles. The van der Waals surface area contributed by atoms with Gasteiger partial charge in [0, 0.05) is 12.6 Å². The summed E-state index contributed by atoms with van der Waals surface area (Å²) in [4.78, 5) is 0. The third-order valence-electron chi connectivity index (χ3n) is 2.87. The molecule has 0 radical (unpaired) electrons. The highest BCUT2D eigenvalue weighted by Gasteiger charge is 2.20. The second-order valence-corrected chi connectivity index (χ2v) is 5.71. The summed E-state index contributed by atoms with van der Waals surface area (Å²) in [6.07, 6.45) is 0. The third-order valence-corrected chi connectivity index (χ3v) is 4.16. The molecule has 0 atom stereocenters. The minimum atomic E-state index is -3.75. The predicted octanol–water partition coefficient (Wildman–Crippen LogP) is 2.68. The number of rotatable bonds is 4. The van der Waals surface area contributed by atoms with Gasteiger partial charge < -0.3 is 0 Å². The van der Waals surface area contributed by atoms with E-state index < -0.39 is 10.3 Å². The predicted molar refractivity (Wildman–Crippen MR) is 76.2 cm³/mol. The van der Waals surface area contributed by atoms with Gasteiger partial charge in [-0.25, -0.2) is 0 Å².